The van der Waals surface area contributed by atoms with E-state index in [1.165, 1.54) is 4.88 Å². The van der Waals surface area contributed by atoms with Crippen LogP contribution in [-0.4, -0.2) is 5.78 Å². The second kappa shape index (κ2) is 5.08. The minimum Gasteiger partial charge on any atom is -0.288 e. The maximum absolute atomic E-state index is 12.1. The molecular weight excluding hydrogens is 216 g/mol. The molecule has 1 aromatic carbocycles. The van der Waals surface area contributed by atoms with Gasteiger partial charge < -0.3 is 0 Å². The lowest BCUT2D eigenvalue weighted by Gasteiger charge is -1.96. The highest BCUT2D eigenvalue weighted by Gasteiger charge is 2.10. The van der Waals surface area contributed by atoms with Gasteiger partial charge in [-0.2, -0.15) is 0 Å². The summed E-state index contributed by atoms with van der Waals surface area (Å²) in [5.41, 5.74) is 0.771. The molecule has 1 heterocycles. The van der Waals surface area contributed by atoms with Gasteiger partial charge in [0, 0.05) is 10.4 Å². The molecule has 0 aliphatic rings. The van der Waals surface area contributed by atoms with E-state index in [0.29, 0.717) is 0 Å². The number of benzene rings is 1. The highest BCUT2D eigenvalue weighted by molar-refractivity contribution is 7.14. The van der Waals surface area contributed by atoms with Gasteiger partial charge in [-0.3, -0.25) is 4.79 Å². The van der Waals surface area contributed by atoms with Crippen molar-refractivity contribution in [1.82, 2.24) is 0 Å². The average Bonchev–Trinajstić information content (AvgIpc) is 2.78. The summed E-state index contributed by atoms with van der Waals surface area (Å²) >= 11 is 1.61. The topological polar surface area (TPSA) is 17.1 Å². The van der Waals surface area contributed by atoms with Gasteiger partial charge in [-0.15, -0.1) is 11.3 Å². The number of rotatable bonds is 4. The normalized spacial score (nSPS) is 10.3. The van der Waals surface area contributed by atoms with Crippen LogP contribution in [0, 0.1) is 0 Å². The van der Waals surface area contributed by atoms with Crippen LogP contribution in [0.15, 0.2) is 42.5 Å². The number of aryl methyl sites for hydroxylation is 1. The van der Waals surface area contributed by atoms with E-state index in [4.69, 9.17) is 0 Å². The maximum atomic E-state index is 12.1. The van der Waals surface area contributed by atoms with Gasteiger partial charge in [0.15, 0.2) is 0 Å². The predicted octanol–water partition coefficient (Wildman–Crippen LogP) is 3.93. The summed E-state index contributed by atoms with van der Waals surface area (Å²) in [4.78, 5) is 14.2. The molecular formula is C14H14OS. The zero-order chi connectivity index (χ0) is 11.4. The number of hydrogen-bond acceptors (Lipinski definition) is 2. The molecule has 0 saturated carbocycles. The largest absolute Gasteiger partial charge is 0.288 e. The molecule has 0 bridgehead atoms. The van der Waals surface area contributed by atoms with E-state index >= 15 is 0 Å². The van der Waals surface area contributed by atoms with Crippen molar-refractivity contribution in [2.45, 2.75) is 19.8 Å². The Bertz CT molecular complexity index is 470. The van der Waals surface area contributed by atoms with Crippen molar-refractivity contribution in [2.24, 2.45) is 0 Å². The van der Waals surface area contributed by atoms with Gasteiger partial charge in [-0.1, -0.05) is 43.7 Å². The number of carbonyl (C=O) groups is 1. The minimum absolute atomic E-state index is 0.132. The van der Waals surface area contributed by atoms with Crippen LogP contribution in [0.25, 0.3) is 0 Å². The number of thiophene rings is 1. The number of ketones is 1. The zero-order valence-electron chi connectivity index (χ0n) is 9.27. The Balaban J connectivity index is 2.21. The fourth-order valence-corrected chi connectivity index (χ4v) is 2.68. The Morgan fingerprint density at radius 1 is 1.12 bits per heavy atom. The molecule has 0 aliphatic heterocycles. The summed E-state index contributed by atoms with van der Waals surface area (Å²) in [5, 5.41) is 0. The number of hydrogen-bond donors (Lipinski definition) is 0. The first kappa shape index (κ1) is 11.1. The van der Waals surface area contributed by atoms with Crippen LogP contribution in [0.3, 0.4) is 0 Å². The fraction of sp³-hybridized carbons (Fsp3) is 0.214. The van der Waals surface area contributed by atoms with Crippen LogP contribution in [0.2, 0.25) is 0 Å². The molecule has 0 radical (unpaired) electrons. The van der Waals surface area contributed by atoms with Crippen molar-refractivity contribution in [3.8, 4) is 0 Å². The van der Waals surface area contributed by atoms with Crippen LogP contribution in [0.1, 0.15) is 33.5 Å². The molecule has 2 aromatic rings. The molecule has 0 amide bonds. The van der Waals surface area contributed by atoms with Crippen molar-refractivity contribution < 1.29 is 4.79 Å². The molecule has 0 unspecified atom stereocenters. The summed E-state index contributed by atoms with van der Waals surface area (Å²) in [6.07, 6.45) is 2.19. The highest BCUT2D eigenvalue weighted by Crippen LogP contribution is 2.21. The van der Waals surface area contributed by atoms with Crippen LogP contribution in [-0.2, 0) is 6.42 Å². The smallest absolute Gasteiger partial charge is 0.202 e. The third-order valence-electron chi connectivity index (χ3n) is 2.42. The molecule has 1 aromatic heterocycles. The van der Waals surface area contributed by atoms with Crippen LogP contribution < -0.4 is 0 Å². The summed E-state index contributed by atoms with van der Waals surface area (Å²) in [6.45, 7) is 2.15. The molecule has 0 saturated heterocycles. The van der Waals surface area contributed by atoms with E-state index in [1.807, 2.05) is 36.4 Å². The second-order valence-corrected chi connectivity index (χ2v) is 4.88. The molecule has 2 heteroatoms. The van der Waals surface area contributed by atoms with Crippen molar-refractivity contribution >= 4 is 17.1 Å². The third kappa shape index (κ3) is 2.39. The summed E-state index contributed by atoms with van der Waals surface area (Å²) in [5.74, 6) is 0.132. The summed E-state index contributed by atoms with van der Waals surface area (Å²) in [7, 11) is 0. The first-order valence-electron chi connectivity index (χ1n) is 5.49. The molecule has 0 atom stereocenters. The van der Waals surface area contributed by atoms with Crippen molar-refractivity contribution in [2.75, 3.05) is 0 Å². The zero-order valence-corrected chi connectivity index (χ0v) is 10.1. The molecule has 82 valence electrons. The lowest BCUT2D eigenvalue weighted by atomic mass is 10.1. The first-order valence-corrected chi connectivity index (χ1v) is 6.31. The second-order valence-electron chi connectivity index (χ2n) is 3.71. The standard InChI is InChI=1S/C14H14OS/c1-2-6-12-9-10-13(16-12)14(15)11-7-4-3-5-8-11/h3-5,7-10H,2,6H2,1H3. The highest BCUT2D eigenvalue weighted by atomic mass is 32.1. The number of carbonyl (C=O) groups excluding carboxylic acids is 1. The van der Waals surface area contributed by atoms with Gasteiger partial charge >= 0.3 is 0 Å². The van der Waals surface area contributed by atoms with Gasteiger partial charge in [-0.25, -0.2) is 0 Å². The van der Waals surface area contributed by atoms with E-state index in [2.05, 4.69) is 13.0 Å². The third-order valence-corrected chi connectivity index (χ3v) is 3.56. The van der Waals surface area contributed by atoms with E-state index in [-0.39, 0.29) is 5.78 Å². The molecule has 0 aliphatic carbocycles. The van der Waals surface area contributed by atoms with E-state index in [9.17, 15) is 4.79 Å². The lowest BCUT2D eigenvalue weighted by molar-refractivity contribution is 0.104. The minimum atomic E-state index is 0.132. The Morgan fingerprint density at radius 2 is 1.88 bits per heavy atom. The Morgan fingerprint density at radius 3 is 2.56 bits per heavy atom. The average molecular weight is 230 g/mol. The fourth-order valence-electron chi connectivity index (χ4n) is 1.61. The van der Waals surface area contributed by atoms with Crippen LogP contribution in [0.5, 0.6) is 0 Å². The summed E-state index contributed by atoms with van der Waals surface area (Å²) in [6, 6.07) is 13.4. The predicted molar refractivity (Wildman–Crippen MR) is 68.2 cm³/mol. The van der Waals surface area contributed by atoms with Gasteiger partial charge in [0.2, 0.25) is 5.78 Å². The molecule has 0 spiro atoms. The molecule has 1 nitrogen and oxygen atoms in total. The van der Waals surface area contributed by atoms with Crippen LogP contribution >= 0.6 is 11.3 Å². The quantitative estimate of drug-likeness (QED) is 0.727. The summed E-state index contributed by atoms with van der Waals surface area (Å²) < 4.78 is 0. The van der Waals surface area contributed by atoms with Gasteiger partial charge in [-0.05, 0) is 18.6 Å². The van der Waals surface area contributed by atoms with Gasteiger partial charge in [0.25, 0.3) is 0 Å². The SMILES string of the molecule is CCCc1ccc(C(=O)c2ccccc2)s1. The van der Waals surface area contributed by atoms with Gasteiger partial charge in [0.05, 0.1) is 4.88 Å². The van der Waals surface area contributed by atoms with Crippen molar-refractivity contribution in [3.63, 3.8) is 0 Å². The monoisotopic (exact) mass is 230 g/mol. The molecule has 16 heavy (non-hydrogen) atoms. The van der Waals surface area contributed by atoms with Crippen LogP contribution in [0.4, 0.5) is 0 Å². The van der Waals surface area contributed by atoms with Crippen molar-refractivity contribution in [1.29, 1.82) is 0 Å². The lowest BCUT2D eigenvalue weighted by Crippen LogP contribution is -1.97. The molecule has 2 rings (SSSR count). The molecule has 0 fully saturated rings. The Labute approximate surface area is 99.8 Å². The molecule has 0 N–H and O–H groups in total. The van der Waals surface area contributed by atoms with Gasteiger partial charge in [0.1, 0.15) is 0 Å². The van der Waals surface area contributed by atoms with E-state index < -0.39 is 0 Å². The van der Waals surface area contributed by atoms with E-state index in [0.717, 1.165) is 23.3 Å². The van der Waals surface area contributed by atoms with E-state index in [1.54, 1.807) is 11.3 Å². The Hall–Kier alpha value is -1.41. The van der Waals surface area contributed by atoms with Crippen molar-refractivity contribution in [3.05, 3.63) is 57.8 Å². The maximum Gasteiger partial charge on any atom is 0.202 e. The Kier molecular flexibility index (Phi) is 3.52. The first-order chi connectivity index (χ1) is 7.81.